The lowest BCUT2D eigenvalue weighted by Crippen LogP contribution is -2.24. The van der Waals surface area contributed by atoms with Crippen LogP contribution in [0.25, 0.3) is 0 Å². The Morgan fingerprint density at radius 2 is 1.88 bits per heavy atom. The van der Waals surface area contributed by atoms with E-state index in [1.165, 1.54) is 13.0 Å². The first-order valence-electron chi connectivity index (χ1n) is 5.04. The number of alkyl halides is 1. The second-order valence-electron chi connectivity index (χ2n) is 4.52. The van der Waals surface area contributed by atoms with Gasteiger partial charge in [0.1, 0.15) is 6.17 Å². The summed E-state index contributed by atoms with van der Waals surface area (Å²) in [4.78, 5) is 0. The summed E-state index contributed by atoms with van der Waals surface area (Å²) >= 11 is 0. The van der Waals surface area contributed by atoms with Crippen LogP contribution in [0.5, 0.6) is 0 Å². The molecule has 1 rings (SSSR count). The molecule has 1 unspecified atom stereocenters. The van der Waals surface area contributed by atoms with Gasteiger partial charge in [-0.3, -0.25) is 0 Å². The Hall–Kier alpha value is -1.03. The zero-order chi connectivity index (χ0) is 12.5. The number of hydrogen-bond acceptors (Lipinski definition) is 1. The first kappa shape index (κ1) is 13.0. The van der Waals surface area contributed by atoms with E-state index in [4.69, 9.17) is 5.11 Å². The molecule has 0 spiro atoms. The highest BCUT2D eigenvalue weighted by Crippen LogP contribution is 2.30. The van der Waals surface area contributed by atoms with E-state index >= 15 is 0 Å². The van der Waals surface area contributed by atoms with Crippen LogP contribution in [0.4, 0.5) is 13.2 Å². The maximum absolute atomic E-state index is 13.5. The smallest absolute Gasteiger partial charge is 0.162 e. The number of rotatable bonds is 3. The molecule has 1 aromatic carbocycles. The number of aliphatic hydroxyl groups is 1. The van der Waals surface area contributed by atoms with E-state index in [1.807, 2.05) is 0 Å². The molecule has 1 aromatic rings. The van der Waals surface area contributed by atoms with Crippen LogP contribution in [0.1, 0.15) is 38.1 Å². The third-order valence-electron chi connectivity index (χ3n) is 2.63. The van der Waals surface area contributed by atoms with E-state index in [9.17, 15) is 13.2 Å². The Balaban J connectivity index is 3.38. The molecule has 1 nitrogen and oxygen atoms in total. The molecular formula is C12H15F3O. The Bertz CT molecular complexity index is 386. The Labute approximate surface area is 92.9 Å². The highest BCUT2D eigenvalue weighted by atomic mass is 19.2. The molecule has 0 aromatic heterocycles. The fourth-order valence-electron chi connectivity index (χ4n) is 1.42. The van der Waals surface area contributed by atoms with Gasteiger partial charge >= 0.3 is 0 Å². The lowest BCUT2D eigenvalue weighted by molar-refractivity contribution is 0.213. The quantitative estimate of drug-likeness (QED) is 0.848. The van der Waals surface area contributed by atoms with E-state index in [0.29, 0.717) is 0 Å². The van der Waals surface area contributed by atoms with Gasteiger partial charge in [-0.05, 0) is 30.2 Å². The minimum absolute atomic E-state index is 0.00509. The van der Waals surface area contributed by atoms with Crippen LogP contribution in [0.3, 0.4) is 0 Å². The van der Waals surface area contributed by atoms with Crippen molar-refractivity contribution < 1.29 is 18.3 Å². The van der Waals surface area contributed by atoms with Gasteiger partial charge in [0, 0.05) is 5.41 Å². The van der Waals surface area contributed by atoms with Crippen molar-refractivity contribution in [2.45, 2.75) is 32.4 Å². The molecular weight excluding hydrogens is 217 g/mol. The highest BCUT2D eigenvalue weighted by molar-refractivity contribution is 5.32. The van der Waals surface area contributed by atoms with Crippen molar-refractivity contribution in [2.24, 2.45) is 0 Å². The minimum Gasteiger partial charge on any atom is -0.395 e. The SMILES string of the molecule is CC(F)c1cc(F)c(F)c(C(C)(C)CO)c1. The van der Waals surface area contributed by atoms with Gasteiger partial charge in [-0.25, -0.2) is 13.2 Å². The summed E-state index contributed by atoms with van der Waals surface area (Å²) in [5.41, 5.74) is -0.861. The molecule has 0 saturated heterocycles. The average Bonchev–Trinajstić information content (AvgIpc) is 2.21. The number of aliphatic hydroxyl groups excluding tert-OH is 1. The third-order valence-corrected chi connectivity index (χ3v) is 2.63. The lowest BCUT2D eigenvalue weighted by atomic mass is 9.84. The van der Waals surface area contributed by atoms with Crippen LogP contribution in [0.2, 0.25) is 0 Å². The maximum Gasteiger partial charge on any atom is 0.162 e. The van der Waals surface area contributed by atoms with Crippen molar-refractivity contribution >= 4 is 0 Å². The summed E-state index contributed by atoms with van der Waals surface area (Å²) in [7, 11) is 0. The van der Waals surface area contributed by atoms with Crippen molar-refractivity contribution in [1.29, 1.82) is 0 Å². The van der Waals surface area contributed by atoms with E-state index in [0.717, 1.165) is 6.07 Å². The molecule has 0 aliphatic rings. The first-order chi connectivity index (χ1) is 7.29. The van der Waals surface area contributed by atoms with Crippen molar-refractivity contribution in [1.82, 2.24) is 0 Å². The Morgan fingerprint density at radius 3 is 2.31 bits per heavy atom. The summed E-state index contributed by atoms with van der Waals surface area (Å²) in [5.74, 6) is -2.11. The standard InChI is InChI=1S/C12H15F3O/c1-7(13)8-4-9(12(2,3)6-16)11(15)10(14)5-8/h4-5,7,16H,6H2,1-3H3. The molecule has 90 valence electrons. The van der Waals surface area contributed by atoms with Crippen LogP contribution in [-0.2, 0) is 5.41 Å². The molecule has 0 bridgehead atoms. The second kappa shape index (κ2) is 4.45. The van der Waals surface area contributed by atoms with Crippen molar-refractivity contribution in [3.8, 4) is 0 Å². The third kappa shape index (κ3) is 2.38. The first-order valence-corrected chi connectivity index (χ1v) is 5.04. The molecule has 0 aliphatic heterocycles. The van der Waals surface area contributed by atoms with E-state index in [2.05, 4.69) is 0 Å². The normalized spacial score (nSPS) is 13.9. The Kier molecular flexibility index (Phi) is 3.63. The van der Waals surface area contributed by atoms with Gasteiger partial charge in [-0.15, -0.1) is 0 Å². The molecule has 4 heteroatoms. The van der Waals surface area contributed by atoms with Gasteiger partial charge in [0.25, 0.3) is 0 Å². The summed E-state index contributed by atoms with van der Waals surface area (Å²) < 4.78 is 39.8. The van der Waals surface area contributed by atoms with E-state index in [-0.39, 0.29) is 17.7 Å². The number of hydrogen-bond donors (Lipinski definition) is 1. The monoisotopic (exact) mass is 232 g/mol. The zero-order valence-electron chi connectivity index (χ0n) is 9.52. The molecule has 0 amide bonds. The predicted octanol–water partition coefficient (Wildman–Crippen LogP) is 3.27. The molecule has 1 N–H and O–H groups in total. The highest BCUT2D eigenvalue weighted by Gasteiger charge is 2.26. The van der Waals surface area contributed by atoms with Crippen molar-refractivity contribution in [3.05, 3.63) is 34.9 Å². The molecule has 1 atom stereocenters. The minimum atomic E-state index is -1.37. The fourth-order valence-corrected chi connectivity index (χ4v) is 1.42. The van der Waals surface area contributed by atoms with Gasteiger partial charge < -0.3 is 5.11 Å². The molecule has 0 radical (unpaired) electrons. The van der Waals surface area contributed by atoms with Crippen LogP contribution in [0, 0.1) is 11.6 Å². The van der Waals surface area contributed by atoms with Crippen molar-refractivity contribution in [3.63, 3.8) is 0 Å². The van der Waals surface area contributed by atoms with E-state index in [1.54, 1.807) is 13.8 Å². The maximum atomic E-state index is 13.5. The van der Waals surface area contributed by atoms with Gasteiger partial charge in [0.05, 0.1) is 6.61 Å². The zero-order valence-corrected chi connectivity index (χ0v) is 9.52. The summed E-state index contributed by atoms with van der Waals surface area (Å²) in [6, 6.07) is 2.11. The summed E-state index contributed by atoms with van der Waals surface area (Å²) in [6.07, 6.45) is -1.37. The largest absolute Gasteiger partial charge is 0.395 e. The van der Waals surface area contributed by atoms with Crippen LogP contribution in [0.15, 0.2) is 12.1 Å². The molecule has 16 heavy (non-hydrogen) atoms. The number of benzene rings is 1. The van der Waals surface area contributed by atoms with Gasteiger partial charge in [-0.1, -0.05) is 13.8 Å². The van der Waals surface area contributed by atoms with Gasteiger partial charge in [0.15, 0.2) is 11.6 Å². The predicted molar refractivity (Wildman–Crippen MR) is 56.0 cm³/mol. The van der Waals surface area contributed by atoms with Gasteiger partial charge in [-0.2, -0.15) is 0 Å². The average molecular weight is 232 g/mol. The summed E-state index contributed by atoms with van der Waals surface area (Å²) in [6.45, 7) is 4.05. The van der Waals surface area contributed by atoms with Crippen LogP contribution < -0.4 is 0 Å². The molecule has 0 heterocycles. The Morgan fingerprint density at radius 1 is 1.31 bits per heavy atom. The van der Waals surface area contributed by atoms with Gasteiger partial charge in [0.2, 0.25) is 0 Å². The van der Waals surface area contributed by atoms with Crippen molar-refractivity contribution in [2.75, 3.05) is 6.61 Å². The molecule has 0 aliphatic carbocycles. The lowest BCUT2D eigenvalue weighted by Gasteiger charge is -2.24. The molecule has 0 fully saturated rings. The topological polar surface area (TPSA) is 20.2 Å². The molecule has 0 saturated carbocycles. The fraction of sp³-hybridized carbons (Fsp3) is 0.500. The number of halogens is 3. The summed E-state index contributed by atoms with van der Waals surface area (Å²) in [5, 5.41) is 9.11. The van der Waals surface area contributed by atoms with E-state index < -0.39 is 23.2 Å². The second-order valence-corrected chi connectivity index (χ2v) is 4.52. The van der Waals surface area contributed by atoms with Crippen LogP contribution >= 0.6 is 0 Å². The van der Waals surface area contributed by atoms with Crippen LogP contribution in [-0.4, -0.2) is 11.7 Å².